The molecule has 1 unspecified atom stereocenters. The quantitative estimate of drug-likeness (QED) is 0.793. The number of nitrogens with zero attached hydrogens (tertiary/aromatic N) is 2. The van der Waals surface area contributed by atoms with Crippen LogP contribution in [-0.4, -0.2) is 16.7 Å². The van der Waals surface area contributed by atoms with Crippen LogP contribution < -0.4 is 10.5 Å². The molecule has 0 aliphatic carbocycles. The highest BCUT2D eigenvalue weighted by Crippen LogP contribution is 2.31. The summed E-state index contributed by atoms with van der Waals surface area (Å²) >= 11 is 0. The third kappa shape index (κ3) is 1.23. The molecule has 0 radical (unpaired) electrons. The van der Waals surface area contributed by atoms with Gasteiger partial charge in [0.1, 0.15) is 17.1 Å². The summed E-state index contributed by atoms with van der Waals surface area (Å²) in [4.78, 5) is 4.62. The number of fused-ring (bicyclic) bond motifs is 3. The Kier molecular flexibility index (Phi) is 2.11. The number of ether oxygens (including phenoxy) is 1. The van der Waals surface area contributed by atoms with Gasteiger partial charge in [-0.1, -0.05) is 6.07 Å². The van der Waals surface area contributed by atoms with Crippen LogP contribution in [0.3, 0.4) is 0 Å². The van der Waals surface area contributed by atoms with E-state index in [1.807, 2.05) is 12.1 Å². The van der Waals surface area contributed by atoms with Gasteiger partial charge >= 0.3 is 0 Å². The SMILES string of the molecule is COc1cccc2c1nc1n2CCCC1N. The number of rotatable bonds is 1. The van der Waals surface area contributed by atoms with E-state index < -0.39 is 0 Å². The number of imidazole rings is 1. The van der Waals surface area contributed by atoms with Gasteiger partial charge in [-0.25, -0.2) is 4.98 Å². The van der Waals surface area contributed by atoms with Crippen molar-refractivity contribution >= 4 is 11.0 Å². The van der Waals surface area contributed by atoms with Crippen LogP contribution in [0.1, 0.15) is 24.7 Å². The molecule has 4 nitrogen and oxygen atoms in total. The first-order valence-corrected chi connectivity index (χ1v) is 5.60. The van der Waals surface area contributed by atoms with Crippen molar-refractivity contribution in [1.29, 1.82) is 0 Å². The van der Waals surface area contributed by atoms with Gasteiger partial charge < -0.3 is 15.0 Å². The molecule has 3 rings (SSSR count). The topological polar surface area (TPSA) is 53.1 Å². The first-order chi connectivity index (χ1) is 7.81. The summed E-state index contributed by atoms with van der Waals surface area (Å²) in [5.41, 5.74) is 8.13. The number of methoxy groups -OCH3 is 1. The fraction of sp³-hybridized carbons (Fsp3) is 0.417. The second-order valence-corrected chi connectivity index (χ2v) is 4.20. The molecule has 1 aromatic heterocycles. The Morgan fingerprint density at radius 1 is 1.50 bits per heavy atom. The first kappa shape index (κ1) is 9.66. The molecule has 2 N–H and O–H groups in total. The van der Waals surface area contributed by atoms with Crippen molar-refractivity contribution in [2.24, 2.45) is 5.73 Å². The van der Waals surface area contributed by atoms with Crippen LogP contribution in [0, 0.1) is 0 Å². The number of para-hydroxylation sites is 1. The van der Waals surface area contributed by atoms with E-state index in [1.54, 1.807) is 7.11 Å². The standard InChI is InChI=1S/C12H15N3O/c1-16-10-6-2-5-9-11(10)14-12-8(13)4-3-7-15(9)12/h2,5-6,8H,3-4,7,13H2,1H3. The molecule has 1 aromatic carbocycles. The lowest BCUT2D eigenvalue weighted by molar-refractivity contribution is 0.419. The Morgan fingerprint density at radius 3 is 3.19 bits per heavy atom. The van der Waals surface area contributed by atoms with Crippen molar-refractivity contribution in [2.75, 3.05) is 7.11 Å². The lowest BCUT2D eigenvalue weighted by Crippen LogP contribution is -2.21. The predicted molar refractivity (Wildman–Crippen MR) is 62.4 cm³/mol. The summed E-state index contributed by atoms with van der Waals surface area (Å²) in [6.45, 7) is 1.01. The summed E-state index contributed by atoms with van der Waals surface area (Å²) in [6, 6.07) is 6.07. The highest BCUT2D eigenvalue weighted by molar-refractivity contribution is 5.82. The van der Waals surface area contributed by atoms with E-state index in [2.05, 4.69) is 15.6 Å². The fourth-order valence-electron chi connectivity index (χ4n) is 2.42. The number of hydrogen-bond acceptors (Lipinski definition) is 3. The van der Waals surface area contributed by atoms with Crippen LogP contribution in [0.5, 0.6) is 5.75 Å². The smallest absolute Gasteiger partial charge is 0.146 e. The Labute approximate surface area is 94.0 Å². The van der Waals surface area contributed by atoms with Gasteiger partial charge in [0.25, 0.3) is 0 Å². The first-order valence-electron chi connectivity index (χ1n) is 5.60. The predicted octanol–water partition coefficient (Wildman–Crippen LogP) is 1.84. The lowest BCUT2D eigenvalue weighted by Gasteiger charge is -2.19. The van der Waals surface area contributed by atoms with Gasteiger partial charge in [0.05, 0.1) is 18.7 Å². The Morgan fingerprint density at radius 2 is 2.38 bits per heavy atom. The number of aromatic nitrogens is 2. The monoisotopic (exact) mass is 217 g/mol. The zero-order chi connectivity index (χ0) is 11.1. The highest BCUT2D eigenvalue weighted by atomic mass is 16.5. The molecule has 4 heteroatoms. The van der Waals surface area contributed by atoms with Crippen LogP contribution in [0.25, 0.3) is 11.0 Å². The minimum absolute atomic E-state index is 0.0610. The Hall–Kier alpha value is -1.55. The summed E-state index contributed by atoms with van der Waals surface area (Å²) in [5.74, 6) is 1.82. The van der Waals surface area contributed by atoms with Gasteiger partial charge in [-0.05, 0) is 25.0 Å². The number of nitrogens with two attached hydrogens (primary N) is 1. The molecule has 2 heterocycles. The van der Waals surface area contributed by atoms with Crippen LogP contribution in [0.15, 0.2) is 18.2 Å². The van der Waals surface area contributed by atoms with Crippen LogP contribution in [0.2, 0.25) is 0 Å². The van der Waals surface area contributed by atoms with Gasteiger partial charge in [-0.15, -0.1) is 0 Å². The summed E-state index contributed by atoms with van der Waals surface area (Å²) < 4.78 is 7.54. The maximum absolute atomic E-state index is 6.08. The van der Waals surface area contributed by atoms with E-state index in [4.69, 9.17) is 10.5 Å². The highest BCUT2D eigenvalue weighted by Gasteiger charge is 2.22. The molecule has 16 heavy (non-hydrogen) atoms. The van der Waals surface area contributed by atoms with Gasteiger partial charge in [0.2, 0.25) is 0 Å². The van der Waals surface area contributed by atoms with Crippen molar-refractivity contribution in [1.82, 2.24) is 9.55 Å². The van der Waals surface area contributed by atoms with E-state index >= 15 is 0 Å². The molecule has 0 fully saturated rings. The fourth-order valence-corrected chi connectivity index (χ4v) is 2.42. The van der Waals surface area contributed by atoms with E-state index in [-0.39, 0.29) is 6.04 Å². The number of aryl methyl sites for hydroxylation is 1. The molecule has 1 atom stereocenters. The molecule has 1 aliphatic rings. The second kappa shape index (κ2) is 3.49. The van der Waals surface area contributed by atoms with Crippen LogP contribution in [-0.2, 0) is 6.54 Å². The average molecular weight is 217 g/mol. The van der Waals surface area contributed by atoms with Gasteiger partial charge in [-0.2, -0.15) is 0 Å². The minimum Gasteiger partial charge on any atom is -0.494 e. The zero-order valence-electron chi connectivity index (χ0n) is 9.31. The van der Waals surface area contributed by atoms with Crippen molar-refractivity contribution in [2.45, 2.75) is 25.4 Å². The molecule has 0 saturated heterocycles. The van der Waals surface area contributed by atoms with E-state index in [0.29, 0.717) is 0 Å². The molecule has 0 saturated carbocycles. The van der Waals surface area contributed by atoms with Gasteiger partial charge in [-0.3, -0.25) is 0 Å². The Bertz CT molecular complexity index is 532. The Balaban J connectivity index is 2.31. The summed E-state index contributed by atoms with van der Waals surface area (Å²) in [6.07, 6.45) is 2.14. The molecular weight excluding hydrogens is 202 g/mol. The molecule has 2 aromatic rings. The van der Waals surface area contributed by atoms with Crippen molar-refractivity contribution in [3.63, 3.8) is 0 Å². The lowest BCUT2D eigenvalue weighted by atomic mass is 10.1. The molecule has 84 valence electrons. The second-order valence-electron chi connectivity index (χ2n) is 4.20. The number of benzene rings is 1. The third-order valence-electron chi connectivity index (χ3n) is 3.22. The molecular formula is C12H15N3O. The largest absolute Gasteiger partial charge is 0.494 e. The van der Waals surface area contributed by atoms with E-state index in [0.717, 1.165) is 42.0 Å². The zero-order valence-corrected chi connectivity index (χ0v) is 9.31. The summed E-state index contributed by atoms with van der Waals surface area (Å²) in [7, 11) is 1.67. The molecule has 0 spiro atoms. The minimum atomic E-state index is 0.0610. The summed E-state index contributed by atoms with van der Waals surface area (Å²) in [5, 5.41) is 0. The average Bonchev–Trinajstić information content (AvgIpc) is 2.69. The van der Waals surface area contributed by atoms with Crippen LogP contribution >= 0.6 is 0 Å². The van der Waals surface area contributed by atoms with E-state index in [9.17, 15) is 0 Å². The van der Waals surface area contributed by atoms with Gasteiger partial charge in [0.15, 0.2) is 0 Å². The molecule has 1 aliphatic heterocycles. The molecule has 0 bridgehead atoms. The van der Waals surface area contributed by atoms with Crippen molar-refractivity contribution in [3.8, 4) is 5.75 Å². The van der Waals surface area contributed by atoms with Crippen molar-refractivity contribution < 1.29 is 4.74 Å². The van der Waals surface area contributed by atoms with Gasteiger partial charge in [0, 0.05) is 6.54 Å². The number of hydrogen-bond donors (Lipinski definition) is 1. The van der Waals surface area contributed by atoms with E-state index in [1.165, 1.54) is 0 Å². The normalized spacial score (nSPS) is 19.8. The van der Waals surface area contributed by atoms with Crippen molar-refractivity contribution in [3.05, 3.63) is 24.0 Å². The maximum atomic E-state index is 6.08. The molecule has 0 amide bonds. The maximum Gasteiger partial charge on any atom is 0.146 e. The third-order valence-corrected chi connectivity index (χ3v) is 3.22. The van der Waals surface area contributed by atoms with Crippen LogP contribution in [0.4, 0.5) is 0 Å².